The molecule has 3 aliphatic rings. The van der Waals surface area contributed by atoms with Gasteiger partial charge in [-0.05, 0) is 78.9 Å². The smallest absolute Gasteiger partial charge is 0.237 e. The highest BCUT2D eigenvalue weighted by atomic mass is 35.5. The Hall–Kier alpha value is -3.13. The maximum atomic E-state index is 14.5. The van der Waals surface area contributed by atoms with E-state index in [1.165, 1.54) is 12.1 Å². The molecule has 2 heterocycles. The molecular weight excluding hydrogens is 653 g/mol. The second-order valence-electron chi connectivity index (χ2n) is 11.6. The first-order valence-corrected chi connectivity index (χ1v) is 18.1. The molecule has 2 saturated heterocycles. The second kappa shape index (κ2) is 11.9. The third-order valence-electron chi connectivity index (χ3n) is 9.06. The molecule has 2 aliphatic heterocycles. The number of aryl methyl sites for hydroxylation is 1. The van der Waals surface area contributed by atoms with Crippen molar-refractivity contribution >= 4 is 37.2 Å². The third kappa shape index (κ3) is 5.84. The maximum Gasteiger partial charge on any atom is 0.237 e. The van der Waals surface area contributed by atoms with Gasteiger partial charge < -0.3 is 9.64 Å². The van der Waals surface area contributed by atoms with Gasteiger partial charge in [0.25, 0.3) is 0 Å². The van der Waals surface area contributed by atoms with Gasteiger partial charge in [-0.15, -0.1) is 0 Å². The Balaban J connectivity index is 1.33. The lowest BCUT2D eigenvalue weighted by Gasteiger charge is -2.43. The van der Waals surface area contributed by atoms with Gasteiger partial charge in [-0.2, -0.15) is 0 Å². The van der Waals surface area contributed by atoms with Gasteiger partial charge in [0, 0.05) is 25.2 Å². The van der Waals surface area contributed by atoms with Crippen LogP contribution in [0.5, 0.6) is 5.75 Å². The molecule has 1 amide bonds. The van der Waals surface area contributed by atoms with Gasteiger partial charge in [-0.1, -0.05) is 17.7 Å². The summed E-state index contributed by atoms with van der Waals surface area (Å²) in [5.74, 6) is -2.70. The molecule has 0 spiro atoms. The highest BCUT2D eigenvalue weighted by molar-refractivity contribution is 7.92. The minimum atomic E-state index is -4.18. The van der Waals surface area contributed by atoms with Crippen molar-refractivity contribution in [3.63, 3.8) is 0 Å². The first-order chi connectivity index (χ1) is 21.3. The monoisotopic (exact) mass is 682 g/mol. The molecule has 0 N–H and O–H groups in total. The number of hydrogen-bond acceptors (Lipinski definition) is 7. The first-order valence-electron chi connectivity index (χ1n) is 14.4. The van der Waals surface area contributed by atoms with Crippen molar-refractivity contribution in [3.05, 3.63) is 93.8 Å². The van der Waals surface area contributed by atoms with Gasteiger partial charge in [-0.3, -0.25) is 9.69 Å². The van der Waals surface area contributed by atoms with Crippen LogP contribution >= 0.6 is 11.6 Å². The summed E-state index contributed by atoms with van der Waals surface area (Å²) in [5, 5.41) is 0.000868. The Labute approximate surface area is 264 Å². The standard InChI is InChI=1S/C31H30ClF3N2O6S2/c32-26-17-28(35)27(34)16-21(26)19-43-23-4-7-25-20(15-23)1-8-29-31(25,45(41,42)24-5-2-22(33)3-6-24)9-10-37(29)30(38)18-36-11-13-44(39,40)14-12-36/h2-7,15-17,29H,1,8-14,18-19H2/t29-,31-/m1/s1. The Morgan fingerprint density at radius 3 is 2.38 bits per heavy atom. The zero-order chi connectivity index (χ0) is 32.1. The lowest BCUT2D eigenvalue weighted by molar-refractivity contribution is -0.133. The molecule has 0 saturated carbocycles. The van der Waals surface area contributed by atoms with Crippen LogP contribution in [0.2, 0.25) is 5.02 Å². The first kappa shape index (κ1) is 31.8. The lowest BCUT2D eigenvalue weighted by Crippen LogP contribution is -2.54. The van der Waals surface area contributed by atoms with Crippen LogP contribution < -0.4 is 4.74 Å². The molecule has 3 aromatic carbocycles. The Morgan fingerprint density at radius 1 is 0.978 bits per heavy atom. The molecule has 2 atom stereocenters. The van der Waals surface area contributed by atoms with E-state index in [0.717, 1.165) is 24.3 Å². The third-order valence-corrected chi connectivity index (χ3v) is 13.6. The summed E-state index contributed by atoms with van der Waals surface area (Å²) in [7, 11) is -7.31. The molecule has 14 heteroatoms. The van der Waals surface area contributed by atoms with E-state index in [9.17, 15) is 34.8 Å². The van der Waals surface area contributed by atoms with E-state index in [2.05, 4.69) is 0 Å². The topological polar surface area (TPSA) is 101 Å². The van der Waals surface area contributed by atoms with Crippen molar-refractivity contribution in [1.29, 1.82) is 0 Å². The zero-order valence-electron chi connectivity index (χ0n) is 24.0. The summed E-state index contributed by atoms with van der Waals surface area (Å²) < 4.78 is 98.2. The largest absolute Gasteiger partial charge is 0.489 e. The summed E-state index contributed by atoms with van der Waals surface area (Å²) >= 11 is 6.05. The molecule has 3 aromatic rings. The number of amides is 1. The zero-order valence-corrected chi connectivity index (χ0v) is 26.4. The summed E-state index contributed by atoms with van der Waals surface area (Å²) in [4.78, 5) is 17.0. The number of nitrogens with zero attached hydrogens (tertiary/aromatic N) is 2. The van der Waals surface area contributed by atoms with E-state index in [0.29, 0.717) is 29.7 Å². The highest BCUT2D eigenvalue weighted by Crippen LogP contribution is 2.53. The van der Waals surface area contributed by atoms with Gasteiger partial charge >= 0.3 is 0 Å². The number of benzene rings is 3. The molecule has 0 unspecified atom stereocenters. The summed E-state index contributed by atoms with van der Waals surface area (Å²) in [6.07, 6.45) is 0.858. The fourth-order valence-electron chi connectivity index (χ4n) is 6.74. The number of hydrogen-bond donors (Lipinski definition) is 0. The van der Waals surface area contributed by atoms with E-state index in [-0.39, 0.29) is 72.1 Å². The quantitative estimate of drug-likeness (QED) is 0.271. The van der Waals surface area contributed by atoms with Crippen LogP contribution in [0.1, 0.15) is 29.5 Å². The average molecular weight is 683 g/mol. The minimum Gasteiger partial charge on any atom is -0.489 e. The number of halogens is 4. The number of likely N-dealkylation sites (tertiary alicyclic amines) is 1. The van der Waals surface area contributed by atoms with Gasteiger partial charge in [0.15, 0.2) is 31.3 Å². The summed E-state index contributed by atoms with van der Waals surface area (Å²) in [5.41, 5.74) is 1.45. The number of rotatable bonds is 7. The Bertz CT molecular complexity index is 1860. The fraction of sp³-hybridized carbons (Fsp3) is 0.387. The molecule has 0 aromatic heterocycles. The van der Waals surface area contributed by atoms with Crippen molar-refractivity contribution in [2.24, 2.45) is 0 Å². The van der Waals surface area contributed by atoms with Crippen molar-refractivity contribution < 1.29 is 39.5 Å². The van der Waals surface area contributed by atoms with Gasteiger partial charge in [-0.25, -0.2) is 30.0 Å². The summed E-state index contributed by atoms with van der Waals surface area (Å²) in [6.45, 7) is 0.448. The molecule has 1 aliphatic carbocycles. The van der Waals surface area contributed by atoms with Gasteiger partial charge in [0.2, 0.25) is 5.91 Å². The SMILES string of the molecule is O=C(CN1CCS(=O)(=O)CC1)N1CC[C@@]2(S(=O)(=O)c3ccc(F)cc3)c3ccc(OCc4cc(F)c(F)cc4Cl)cc3CC[C@@H]12. The lowest BCUT2D eigenvalue weighted by atomic mass is 9.78. The maximum absolute atomic E-state index is 14.5. The van der Waals surface area contributed by atoms with Crippen LogP contribution in [0.15, 0.2) is 59.5 Å². The number of ether oxygens (including phenoxy) is 1. The van der Waals surface area contributed by atoms with Crippen LogP contribution in [0.3, 0.4) is 0 Å². The molecule has 0 radical (unpaired) electrons. The highest BCUT2D eigenvalue weighted by Gasteiger charge is 2.60. The van der Waals surface area contributed by atoms with Crippen LogP contribution in [-0.4, -0.2) is 76.3 Å². The van der Waals surface area contributed by atoms with E-state index < -0.39 is 47.9 Å². The fourth-order valence-corrected chi connectivity index (χ4v) is 10.6. The molecule has 6 rings (SSSR count). The van der Waals surface area contributed by atoms with Crippen molar-refractivity contribution in [1.82, 2.24) is 9.80 Å². The molecule has 8 nitrogen and oxygen atoms in total. The van der Waals surface area contributed by atoms with Crippen molar-refractivity contribution in [2.45, 2.75) is 41.6 Å². The van der Waals surface area contributed by atoms with Gasteiger partial charge in [0.1, 0.15) is 22.9 Å². The van der Waals surface area contributed by atoms with Gasteiger partial charge in [0.05, 0.1) is 34.0 Å². The molecule has 240 valence electrons. The van der Waals surface area contributed by atoms with Crippen LogP contribution in [0, 0.1) is 17.5 Å². The molecular formula is C31H30ClF3N2O6S2. The van der Waals surface area contributed by atoms with E-state index >= 15 is 0 Å². The molecule has 2 fully saturated rings. The second-order valence-corrected chi connectivity index (χ2v) is 16.5. The minimum absolute atomic E-state index is 0.000868. The Morgan fingerprint density at radius 2 is 1.67 bits per heavy atom. The van der Waals surface area contributed by atoms with Crippen molar-refractivity contribution in [3.8, 4) is 5.75 Å². The molecule has 0 bridgehead atoms. The van der Waals surface area contributed by atoms with Crippen LogP contribution in [0.4, 0.5) is 13.2 Å². The normalized spacial score (nSPS) is 22.9. The van der Waals surface area contributed by atoms with Crippen LogP contribution in [0.25, 0.3) is 0 Å². The predicted molar refractivity (Wildman–Crippen MR) is 161 cm³/mol. The van der Waals surface area contributed by atoms with E-state index in [1.807, 2.05) is 0 Å². The van der Waals surface area contributed by atoms with Crippen LogP contribution in [-0.2, 0) is 42.2 Å². The number of sulfone groups is 2. The van der Waals surface area contributed by atoms with Crippen molar-refractivity contribution in [2.75, 3.05) is 37.7 Å². The number of fused-ring (bicyclic) bond motifs is 3. The molecule has 45 heavy (non-hydrogen) atoms. The Kier molecular flexibility index (Phi) is 8.42. The van der Waals surface area contributed by atoms with E-state index in [1.54, 1.807) is 28.0 Å². The summed E-state index contributed by atoms with van der Waals surface area (Å²) in [6, 6.07) is 10.7. The number of carbonyl (C=O) groups is 1. The number of carbonyl (C=O) groups excluding carboxylic acids is 1. The average Bonchev–Trinajstić information content (AvgIpc) is 3.41. The predicted octanol–water partition coefficient (Wildman–Crippen LogP) is 4.28. The van der Waals surface area contributed by atoms with E-state index in [4.69, 9.17) is 16.3 Å².